The van der Waals surface area contributed by atoms with Crippen LogP contribution in [0.25, 0.3) is 6.08 Å². The molecule has 0 saturated heterocycles. The van der Waals surface area contributed by atoms with Crippen LogP contribution in [0.4, 0.5) is 0 Å². The number of aliphatic hydroxyl groups excluding tert-OH is 2. The van der Waals surface area contributed by atoms with Crippen LogP contribution in [0.1, 0.15) is 43.1 Å². The number of carbonyl (C=O) groups is 2. The normalized spacial score (nSPS) is 11.5. The van der Waals surface area contributed by atoms with E-state index in [-0.39, 0.29) is 18.1 Å². The Balaban J connectivity index is 0.000000409. The van der Waals surface area contributed by atoms with Crippen molar-refractivity contribution < 1.29 is 30.0 Å². The molecule has 2 aromatic carbocycles. The van der Waals surface area contributed by atoms with Crippen LogP contribution in [-0.4, -0.2) is 45.1 Å². The Bertz CT molecular complexity index is 738. The molecule has 2 rings (SSSR count). The molecule has 0 aromatic heterocycles. The summed E-state index contributed by atoms with van der Waals surface area (Å²) in [5, 5.41) is 34.6. The van der Waals surface area contributed by atoms with Crippen molar-refractivity contribution >= 4 is 18.0 Å². The van der Waals surface area contributed by atoms with E-state index in [1.165, 1.54) is 0 Å². The third kappa shape index (κ3) is 12.2. The van der Waals surface area contributed by atoms with Gasteiger partial charge in [-0.05, 0) is 30.2 Å². The van der Waals surface area contributed by atoms with Gasteiger partial charge >= 0.3 is 11.9 Å². The molecule has 1 unspecified atom stereocenters. The van der Waals surface area contributed by atoms with Crippen LogP contribution in [0.5, 0.6) is 0 Å². The van der Waals surface area contributed by atoms with Gasteiger partial charge < -0.3 is 20.4 Å². The van der Waals surface area contributed by atoms with Crippen molar-refractivity contribution in [2.24, 2.45) is 5.41 Å². The first-order chi connectivity index (χ1) is 13.6. The molecule has 29 heavy (non-hydrogen) atoms. The smallest absolute Gasteiger partial charge is 0.335 e. The summed E-state index contributed by atoms with van der Waals surface area (Å²) in [6.45, 7) is 5.65. The first-order valence-electron chi connectivity index (χ1n) is 9.17. The van der Waals surface area contributed by atoms with Gasteiger partial charge in [0.15, 0.2) is 0 Å². The van der Waals surface area contributed by atoms with Crippen molar-refractivity contribution in [2.75, 3.05) is 6.61 Å². The van der Waals surface area contributed by atoms with E-state index in [9.17, 15) is 14.7 Å². The van der Waals surface area contributed by atoms with E-state index < -0.39 is 11.9 Å². The summed E-state index contributed by atoms with van der Waals surface area (Å²) >= 11 is 0. The number of hydrogen-bond acceptors (Lipinski definition) is 4. The van der Waals surface area contributed by atoms with Crippen LogP contribution in [-0.2, 0) is 4.79 Å². The molecule has 0 bridgehead atoms. The summed E-state index contributed by atoms with van der Waals surface area (Å²) in [5.41, 5.74) is 0.891. The van der Waals surface area contributed by atoms with Crippen molar-refractivity contribution in [1.29, 1.82) is 0 Å². The second-order valence-electron chi connectivity index (χ2n) is 6.82. The molecule has 158 valence electrons. The maximum atomic E-state index is 10.2. The molecule has 2 aromatic rings. The fourth-order valence-electron chi connectivity index (χ4n) is 1.97. The van der Waals surface area contributed by atoms with E-state index in [2.05, 4.69) is 0 Å². The number of rotatable bonds is 6. The van der Waals surface area contributed by atoms with Gasteiger partial charge in [0.25, 0.3) is 0 Å². The highest BCUT2D eigenvalue weighted by molar-refractivity contribution is 5.87. The molecule has 0 fully saturated rings. The predicted molar refractivity (Wildman–Crippen MR) is 114 cm³/mol. The van der Waals surface area contributed by atoms with E-state index in [1.54, 1.807) is 36.4 Å². The molecular formula is C23H30O6. The average Bonchev–Trinajstić information content (AvgIpc) is 2.74. The molecular weight excluding hydrogens is 372 g/mol. The summed E-state index contributed by atoms with van der Waals surface area (Å²) in [4.78, 5) is 20.3. The second-order valence-corrected chi connectivity index (χ2v) is 6.82. The molecule has 0 heterocycles. The third-order valence-corrected chi connectivity index (χ3v) is 3.93. The van der Waals surface area contributed by atoms with Gasteiger partial charge in [0.1, 0.15) is 0 Å². The molecule has 0 spiro atoms. The lowest BCUT2D eigenvalue weighted by molar-refractivity contribution is -0.131. The molecule has 0 aliphatic rings. The first kappa shape index (κ1) is 26.0. The standard InChI is InChI=1S/C9H8O2.C7H6O2.C7H16O2/c10-9(11)7-6-8-4-2-1-3-5-8;8-7(9)6-4-2-1-3-5-6;1-4-6(9)7(2,3)5-8/h1-7H,(H,10,11);1-5H,(H,8,9);6,8-9H,4-5H2,1-3H3. The van der Waals surface area contributed by atoms with Gasteiger partial charge in [0.05, 0.1) is 18.3 Å². The molecule has 4 N–H and O–H groups in total. The number of aliphatic hydroxyl groups is 2. The summed E-state index contributed by atoms with van der Waals surface area (Å²) in [5.74, 6) is -1.80. The summed E-state index contributed by atoms with van der Waals surface area (Å²) in [6.07, 6.45) is 2.99. The van der Waals surface area contributed by atoms with Gasteiger partial charge in [-0.25, -0.2) is 9.59 Å². The number of aliphatic carboxylic acids is 1. The van der Waals surface area contributed by atoms with Crippen LogP contribution in [0.15, 0.2) is 66.7 Å². The van der Waals surface area contributed by atoms with Gasteiger partial charge in [0.2, 0.25) is 0 Å². The van der Waals surface area contributed by atoms with Crippen LogP contribution in [0.2, 0.25) is 0 Å². The zero-order valence-electron chi connectivity index (χ0n) is 17.0. The Labute approximate surface area is 171 Å². The maximum absolute atomic E-state index is 10.2. The van der Waals surface area contributed by atoms with Gasteiger partial charge in [-0.3, -0.25) is 0 Å². The Morgan fingerprint density at radius 2 is 1.45 bits per heavy atom. The quantitative estimate of drug-likeness (QED) is 0.544. The van der Waals surface area contributed by atoms with Crippen molar-refractivity contribution in [3.05, 3.63) is 77.9 Å². The summed E-state index contributed by atoms with van der Waals surface area (Å²) in [6, 6.07) is 17.6. The predicted octanol–water partition coefficient (Wildman–Crippen LogP) is 3.95. The van der Waals surface area contributed by atoms with Gasteiger partial charge in [-0.1, -0.05) is 69.3 Å². The molecule has 0 saturated carbocycles. The van der Waals surface area contributed by atoms with E-state index in [0.717, 1.165) is 11.6 Å². The Morgan fingerprint density at radius 1 is 0.966 bits per heavy atom. The minimum atomic E-state index is -0.922. The van der Waals surface area contributed by atoms with Crippen molar-refractivity contribution in [3.63, 3.8) is 0 Å². The van der Waals surface area contributed by atoms with Crippen LogP contribution in [0, 0.1) is 5.41 Å². The van der Waals surface area contributed by atoms with Crippen LogP contribution < -0.4 is 0 Å². The Kier molecular flexibility index (Phi) is 12.7. The molecule has 1 atom stereocenters. The molecule has 0 amide bonds. The number of benzene rings is 2. The Hall–Kier alpha value is -2.96. The van der Waals surface area contributed by atoms with Gasteiger partial charge in [-0.2, -0.15) is 0 Å². The van der Waals surface area contributed by atoms with Crippen LogP contribution >= 0.6 is 0 Å². The van der Waals surface area contributed by atoms with Crippen LogP contribution in [0.3, 0.4) is 0 Å². The summed E-state index contributed by atoms with van der Waals surface area (Å²) < 4.78 is 0. The first-order valence-corrected chi connectivity index (χ1v) is 9.17. The third-order valence-electron chi connectivity index (χ3n) is 3.93. The fraction of sp³-hybridized carbons (Fsp3) is 0.304. The highest BCUT2D eigenvalue weighted by Crippen LogP contribution is 2.21. The van der Waals surface area contributed by atoms with Crippen molar-refractivity contribution in [3.8, 4) is 0 Å². The van der Waals surface area contributed by atoms with E-state index >= 15 is 0 Å². The lowest BCUT2D eigenvalue weighted by Crippen LogP contribution is -2.31. The van der Waals surface area contributed by atoms with E-state index in [0.29, 0.717) is 12.0 Å². The van der Waals surface area contributed by atoms with Crippen molar-refractivity contribution in [1.82, 2.24) is 0 Å². The molecule has 0 radical (unpaired) electrons. The summed E-state index contributed by atoms with van der Waals surface area (Å²) in [7, 11) is 0. The highest BCUT2D eigenvalue weighted by Gasteiger charge is 2.24. The lowest BCUT2D eigenvalue weighted by Gasteiger charge is -2.26. The monoisotopic (exact) mass is 402 g/mol. The SMILES string of the molecule is CCC(O)C(C)(C)CO.O=C(O)C=Cc1ccccc1.O=C(O)c1ccccc1. The highest BCUT2D eigenvalue weighted by atomic mass is 16.4. The van der Waals surface area contributed by atoms with Gasteiger partial charge in [0, 0.05) is 11.5 Å². The lowest BCUT2D eigenvalue weighted by atomic mass is 9.86. The second kappa shape index (κ2) is 14.1. The number of carboxylic acid groups (broad SMARTS) is 2. The van der Waals surface area contributed by atoms with Crippen molar-refractivity contribution in [2.45, 2.75) is 33.3 Å². The zero-order valence-corrected chi connectivity index (χ0v) is 17.0. The molecule has 0 aliphatic heterocycles. The largest absolute Gasteiger partial charge is 0.478 e. The zero-order chi connectivity index (χ0) is 22.3. The number of carboxylic acids is 2. The van der Waals surface area contributed by atoms with E-state index in [1.807, 2.05) is 51.1 Å². The molecule has 0 aliphatic carbocycles. The number of hydrogen-bond donors (Lipinski definition) is 4. The maximum Gasteiger partial charge on any atom is 0.335 e. The Morgan fingerprint density at radius 3 is 1.76 bits per heavy atom. The average molecular weight is 402 g/mol. The fourth-order valence-corrected chi connectivity index (χ4v) is 1.97. The van der Waals surface area contributed by atoms with E-state index in [4.69, 9.17) is 15.3 Å². The molecule has 6 nitrogen and oxygen atoms in total. The topological polar surface area (TPSA) is 115 Å². The van der Waals surface area contributed by atoms with Gasteiger partial charge in [-0.15, -0.1) is 0 Å². The minimum Gasteiger partial charge on any atom is -0.478 e. The minimum absolute atomic E-state index is 0.0437. The number of aromatic carboxylic acids is 1. The molecule has 6 heteroatoms.